The van der Waals surface area contributed by atoms with Crippen LogP contribution in [0.3, 0.4) is 0 Å². The molecule has 1 aliphatic carbocycles. The van der Waals surface area contributed by atoms with Gasteiger partial charge in [0.15, 0.2) is 5.13 Å². The van der Waals surface area contributed by atoms with E-state index < -0.39 is 0 Å². The first-order valence-corrected chi connectivity index (χ1v) is 7.79. The monoisotopic (exact) mass is 368 g/mol. The van der Waals surface area contributed by atoms with E-state index in [1.165, 1.54) is 20.5 Å². The Morgan fingerprint density at radius 3 is 2.39 bits per heavy atom. The van der Waals surface area contributed by atoms with Crippen LogP contribution >= 0.6 is 33.9 Å². The van der Waals surface area contributed by atoms with E-state index in [2.05, 4.69) is 69.4 Å². The predicted molar refractivity (Wildman–Crippen MR) is 84.8 cm³/mol. The van der Waals surface area contributed by atoms with E-state index in [-0.39, 0.29) is 5.41 Å². The summed E-state index contributed by atoms with van der Waals surface area (Å²) in [5.74, 6) is 0. The van der Waals surface area contributed by atoms with Crippen LogP contribution in [-0.2, 0) is 5.41 Å². The molecule has 1 heterocycles. The topological polar surface area (TPSA) is 38.9 Å². The highest BCUT2D eigenvalue weighted by molar-refractivity contribution is 14.1. The van der Waals surface area contributed by atoms with Gasteiger partial charge in [0.05, 0.1) is 5.69 Å². The Bertz CT molecular complexity index is 578. The van der Waals surface area contributed by atoms with Crippen molar-refractivity contribution in [3.8, 4) is 0 Å². The lowest BCUT2D eigenvalue weighted by atomic mass is 9.76. The van der Waals surface area contributed by atoms with Gasteiger partial charge in [-0.25, -0.2) is 4.98 Å². The van der Waals surface area contributed by atoms with Crippen LogP contribution in [0.1, 0.15) is 24.1 Å². The van der Waals surface area contributed by atoms with Gasteiger partial charge in [-0.15, -0.1) is 11.3 Å². The molecule has 0 atom stereocenters. The summed E-state index contributed by atoms with van der Waals surface area (Å²) >= 11 is 3.86. The van der Waals surface area contributed by atoms with Crippen LogP contribution < -0.4 is 5.73 Å². The van der Waals surface area contributed by atoms with Crippen molar-refractivity contribution in [1.82, 2.24) is 4.98 Å². The molecule has 1 aromatic heterocycles. The molecule has 0 aliphatic heterocycles. The fourth-order valence-corrected chi connectivity index (χ4v) is 3.54. The molecule has 92 valence electrons. The molecule has 0 saturated heterocycles. The number of nitrogen functional groups attached to an aromatic ring is 1. The van der Waals surface area contributed by atoms with Crippen molar-refractivity contribution < 1.29 is 0 Å². The van der Waals surface area contributed by atoms with Crippen LogP contribution in [0.2, 0.25) is 0 Å². The quantitative estimate of drug-likeness (QED) is 0.644. The van der Waals surface area contributed by atoms with Crippen molar-refractivity contribution in [3.63, 3.8) is 0 Å². The number of halogens is 1. The number of hydrogen-bond donors (Lipinski definition) is 1. The van der Waals surface area contributed by atoms with Crippen molar-refractivity contribution in [2.75, 3.05) is 5.73 Å². The Labute approximate surface area is 124 Å². The Morgan fingerprint density at radius 2 is 1.83 bits per heavy atom. The zero-order valence-corrected chi connectivity index (χ0v) is 12.7. The first-order valence-electron chi connectivity index (χ1n) is 5.83. The first kappa shape index (κ1) is 12.2. The largest absolute Gasteiger partial charge is 0.375 e. The molecule has 1 aliphatic rings. The van der Waals surface area contributed by atoms with E-state index in [0.29, 0.717) is 5.13 Å². The Morgan fingerprint density at radius 1 is 1.17 bits per heavy atom. The van der Waals surface area contributed by atoms with Crippen molar-refractivity contribution >= 4 is 39.1 Å². The molecule has 3 rings (SSSR count). The van der Waals surface area contributed by atoms with Gasteiger partial charge in [0.1, 0.15) is 0 Å². The van der Waals surface area contributed by atoms with Gasteiger partial charge in [0.2, 0.25) is 0 Å². The molecule has 0 unspecified atom stereocenters. The van der Waals surface area contributed by atoms with Gasteiger partial charge in [0, 0.05) is 14.4 Å². The van der Waals surface area contributed by atoms with Gasteiger partial charge in [0.25, 0.3) is 0 Å². The molecule has 4 heteroatoms. The number of thiazole rings is 1. The number of allylic oxidation sites excluding steroid dienone is 2. The molecule has 0 spiro atoms. The Balaban J connectivity index is 2.09. The lowest BCUT2D eigenvalue weighted by Crippen LogP contribution is -2.24. The third-order valence-corrected chi connectivity index (χ3v) is 4.90. The van der Waals surface area contributed by atoms with Gasteiger partial charge in [-0.2, -0.15) is 0 Å². The maximum Gasteiger partial charge on any atom is 0.180 e. The minimum Gasteiger partial charge on any atom is -0.375 e. The minimum absolute atomic E-state index is 0.00153. The Hall–Kier alpha value is -0.880. The standard InChI is InChI=1S/C14H13IN2S/c15-11-5-3-10(4-6-11)14(7-1-2-8-14)12-9-18-13(16)17-12/h1-6,9H,7-8H2,(H2,16,17). The van der Waals surface area contributed by atoms with Crippen LogP contribution in [0, 0.1) is 3.57 Å². The molecule has 2 N–H and O–H groups in total. The molecular formula is C14H13IN2S. The maximum atomic E-state index is 5.79. The Kier molecular flexibility index (Phi) is 3.15. The van der Waals surface area contributed by atoms with Crippen LogP contribution in [0.5, 0.6) is 0 Å². The minimum atomic E-state index is -0.00153. The second kappa shape index (κ2) is 4.66. The smallest absolute Gasteiger partial charge is 0.180 e. The number of nitrogens with two attached hydrogens (primary N) is 1. The van der Waals surface area contributed by atoms with E-state index >= 15 is 0 Å². The summed E-state index contributed by atoms with van der Waals surface area (Å²) in [5.41, 5.74) is 8.23. The summed E-state index contributed by atoms with van der Waals surface area (Å²) in [6.07, 6.45) is 6.51. The van der Waals surface area contributed by atoms with E-state index in [4.69, 9.17) is 5.73 Å². The second-order valence-corrected chi connectivity index (χ2v) is 6.67. The van der Waals surface area contributed by atoms with Gasteiger partial charge in [-0.05, 0) is 53.1 Å². The normalized spacial score (nSPS) is 17.2. The molecule has 0 fully saturated rings. The van der Waals surface area contributed by atoms with Crippen molar-refractivity contribution in [2.45, 2.75) is 18.3 Å². The lowest BCUT2D eigenvalue weighted by molar-refractivity contribution is 0.542. The number of rotatable bonds is 2. The van der Waals surface area contributed by atoms with Gasteiger partial charge < -0.3 is 5.73 Å². The van der Waals surface area contributed by atoms with E-state index in [9.17, 15) is 0 Å². The van der Waals surface area contributed by atoms with Crippen molar-refractivity contribution in [1.29, 1.82) is 0 Å². The molecule has 0 amide bonds. The number of aromatic nitrogens is 1. The number of benzene rings is 1. The number of anilines is 1. The molecule has 18 heavy (non-hydrogen) atoms. The van der Waals surface area contributed by atoms with Crippen LogP contribution in [0.15, 0.2) is 41.8 Å². The third-order valence-electron chi connectivity index (χ3n) is 3.51. The summed E-state index contributed by atoms with van der Waals surface area (Å²) in [7, 11) is 0. The highest BCUT2D eigenvalue weighted by Crippen LogP contribution is 2.43. The molecule has 0 saturated carbocycles. The number of nitrogens with zero attached hydrogens (tertiary/aromatic N) is 1. The molecule has 2 aromatic rings. The van der Waals surface area contributed by atoms with Crippen LogP contribution in [0.4, 0.5) is 5.13 Å². The van der Waals surface area contributed by atoms with Crippen LogP contribution in [0.25, 0.3) is 0 Å². The summed E-state index contributed by atoms with van der Waals surface area (Å²) in [5, 5.41) is 2.75. The molecule has 0 bridgehead atoms. The predicted octanol–water partition coefficient (Wildman–Crippen LogP) is 3.97. The van der Waals surface area contributed by atoms with E-state index in [1.54, 1.807) is 0 Å². The summed E-state index contributed by atoms with van der Waals surface area (Å²) in [6.45, 7) is 0. The molecule has 0 radical (unpaired) electrons. The first-order chi connectivity index (χ1) is 8.71. The van der Waals surface area contributed by atoms with E-state index in [1.807, 2.05) is 0 Å². The summed E-state index contributed by atoms with van der Waals surface area (Å²) < 4.78 is 1.26. The average Bonchev–Trinajstić information content (AvgIpc) is 2.99. The molecular weight excluding hydrogens is 355 g/mol. The summed E-state index contributed by atoms with van der Waals surface area (Å²) in [6, 6.07) is 8.74. The molecule has 2 nitrogen and oxygen atoms in total. The maximum absolute atomic E-state index is 5.79. The highest BCUT2D eigenvalue weighted by Gasteiger charge is 2.36. The summed E-state index contributed by atoms with van der Waals surface area (Å²) in [4.78, 5) is 4.52. The van der Waals surface area contributed by atoms with Crippen molar-refractivity contribution in [3.05, 3.63) is 56.6 Å². The second-order valence-electron chi connectivity index (χ2n) is 4.54. The average molecular weight is 368 g/mol. The van der Waals surface area contributed by atoms with Crippen molar-refractivity contribution in [2.24, 2.45) is 0 Å². The van der Waals surface area contributed by atoms with Gasteiger partial charge >= 0.3 is 0 Å². The third kappa shape index (κ3) is 1.97. The SMILES string of the molecule is Nc1nc(C2(c3ccc(I)cc3)CC=CC2)cs1. The highest BCUT2D eigenvalue weighted by atomic mass is 127. The zero-order chi connectivity index (χ0) is 12.6. The fraction of sp³-hybridized carbons (Fsp3) is 0.214. The molecule has 1 aromatic carbocycles. The van der Waals surface area contributed by atoms with E-state index in [0.717, 1.165) is 18.5 Å². The van der Waals surface area contributed by atoms with Gasteiger partial charge in [-0.3, -0.25) is 0 Å². The van der Waals surface area contributed by atoms with Crippen LogP contribution in [-0.4, -0.2) is 4.98 Å². The zero-order valence-electron chi connectivity index (χ0n) is 9.77. The fourth-order valence-electron chi connectivity index (χ4n) is 2.52. The lowest BCUT2D eigenvalue weighted by Gasteiger charge is -2.28. The van der Waals surface area contributed by atoms with Gasteiger partial charge in [-0.1, -0.05) is 24.3 Å². The number of hydrogen-bond acceptors (Lipinski definition) is 3.